The summed E-state index contributed by atoms with van der Waals surface area (Å²) >= 11 is 0. The van der Waals surface area contributed by atoms with Gasteiger partial charge in [-0.25, -0.2) is 0 Å². The molecule has 0 radical (unpaired) electrons. The van der Waals surface area contributed by atoms with Crippen molar-refractivity contribution in [2.75, 3.05) is 6.54 Å². The van der Waals surface area contributed by atoms with E-state index in [9.17, 15) is 0 Å². The zero-order chi connectivity index (χ0) is 13.0. The number of aromatic nitrogens is 2. The first-order valence-electron chi connectivity index (χ1n) is 6.61. The molecule has 98 valence electrons. The van der Waals surface area contributed by atoms with E-state index in [4.69, 9.17) is 0 Å². The summed E-state index contributed by atoms with van der Waals surface area (Å²) in [5, 5.41) is 7.92. The van der Waals surface area contributed by atoms with Crippen molar-refractivity contribution in [3.63, 3.8) is 0 Å². The molecule has 1 N–H and O–H groups in total. The van der Waals surface area contributed by atoms with Crippen LogP contribution in [0.5, 0.6) is 0 Å². The Hall–Kier alpha value is -0.830. The Kier molecular flexibility index (Phi) is 5.19. The van der Waals surface area contributed by atoms with Gasteiger partial charge in [0.15, 0.2) is 0 Å². The number of nitrogens with zero attached hydrogens (tertiary/aromatic N) is 2. The van der Waals surface area contributed by atoms with E-state index in [1.807, 2.05) is 11.7 Å². The second-order valence-corrected chi connectivity index (χ2v) is 5.70. The summed E-state index contributed by atoms with van der Waals surface area (Å²) < 4.78 is 1.88. The molecule has 3 heteroatoms. The molecule has 0 bridgehead atoms. The third-order valence-corrected chi connectivity index (χ3v) is 3.52. The number of aryl methyl sites for hydroxylation is 2. The van der Waals surface area contributed by atoms with Gasteiger partial charge in [-0.05, 0) is 31.2 Å². The van der Waals surface area contributed by atoms with Crippen LogP contribution in [0.3, 0.4) is 0 Å². The average Bonchev–Trinajstić information content (AvgIpc) is 2.51. The van der Waals surface area contributed by atoms with Gasteiger partial charge in [-0.3, -0.25) is 4.68 Å². The number of nitrogens with one attached hydrogen (secondary N) is 1. The third-order valence-electron chi connectivity index (χ3n) is 3.52. The van der Waals surface area contributed by atoms with Crippen molar-refractivity contribution < 1.29 is 0 Å². The van der Waals surface area contributed by atoms with E-state index in [1.165, 1.54) is 5.56 Å². The molecule has 0 atom stereocenters. The Morgan fingerprint density at radius 2 is 1.82 bits per heavy atom. The zero-order valence-electron chi connectivity index (χ0n) is 12.1. The zero-order valence-corrected chi connectivity index (χ0v) is 12.1. The Bertz CT molecular complexity index is 331. The van der Waals surface area contributed by atoms with Crippen LogP contribution in [0.15, 0.2) is 6.20 Å². The minimum Gasteiger partial charge on any atom is -0.312 e. The molecule has 0 fully saturated rings. The van der Waals surface area contributed by atoms with Crippen molar-refractivity contribution in [3.8, 4) is 0 Å². The van der Waals surface area contributed by atoms with Crippen LogP contribution in [0.2, 0.25) is 0 Å². The lowest BCUT2D eigenvalue weighted by atomic mass is 9.85. The fourth-order valence-corrected chi connectivity index (χ4v) is 2.44. The van der Waals surface area contributed by atoms with Gasteiger partial charge in [0.2, 0.25) is 0 Å². The molecule has 0 aromatic carbocycles. The first-order valence-corrected chi connectivity index (χ1v) is 6.61. The lowest BCUT2D eigenvalue weighted by Crippen LogP contribution is -2.29. The smallest absolute Gasteiger partial charge is 0.0638 e. The van der Waals surface area contributed by atoms with Crippen LogP contribution in [0, 0.1) is 24.7 Å². The second kappa shape index (κ2) is 6.20. The molecule has 1 rings (SSSR count). The van der Waals surface area contributed by atoms with E-state index in [2.05, 4.69) is 51.2 Å². The third kappa shape index (κ3) is 4.15. The van der Waals surface area contributed by atoms with Gasteiger partial charge in [0.05, 0.1) is 5.69 Å². The van der Waals surface area contributed by atoms with Crippen LogP contribution in [-0.2, 0) is 13.6 Å². The molecule has 1 aromatic heterocycles. The van der Waals surface area contributed by atoms with Crippen LogP contribution < -0.4 is 5.32 Å². The largest absolute Gasteiger partial charge is 0.312 e. The van der Waals surface area contributed by atoms with E-state index in [0.717, 1.165) is 36.5 Å². The monoisotopic (exact) mass is 237 g/mol. The standard InChI is InChI=1S/C14H27N3/c1-10(2)14(11(3)4)8-15-7-13-9-17(6)16-12(13)5/h9-11,14-15H,7-8H2,1-6H3. The molecule has 0 saturated heterocycles. The van der Waals surface area contributed by atoms with Gasteiger partial charge in [0.25, 0.3) is 0 Å². The van der Waals surface area contributed by atoms with Gasteiger partial charge in [-0.1, -0.05) is 27.7 Å². The molecule has 0 aliphatic rings. The molecule has 1 heterocycles. The molecule has 3 nitrogen and oxygen atoms in total. The van der Waals surface area contributed by atoms with E-state index >= 15 is 0 Å². The minimum absolute atomic E-state index is 0.734. The summed E-state index contributed by atoms with van der Waals surface area (Å²) in [6.07, 6.45) is 2.10. The number of hydrogen-bond acceptors (Lipinski definition) is 2. The predicted octanol–water partition coefficient (Wildman–Crippen LogP) is 2.75. The quantitative estimate of drug-likeness (QED) is 0.824. The highest BCUT2D eigenvalue weighted by atomic mass is 15.2. The Morgan fingerprint density at radius 3 is 2.24 bits per heavy atom. The summed E-state index contributed by atoms with van der Waals surface area (Å²) in [7, 11) is 1.97. The van der Waals surface area contributed by atoms with Gasteiger partial charge in [-0.15, -0.1) is 0 Å². The average molecular weight is 237 g/mol. The highest BCUT2D eigenvalue weighted by molar-refractivity contribution is 5.14. The maximum atomic E-state index is 4.36. The molecule has 0 amide bonds. The molecule has 0 aliphatic carbocycles. The molecule has 1 aromatic rings. The van der Waals surface area contributed by atoms with Crippen LogP contribution in [0.25, 0.3) is 0 Å². The summed E-state index contributed by atoms with van der Waals surface area (Å²) in [5.74, 6) is 2.21. The van der Waals surface area contributed by atoms with E-state index in [0.29, 0.717) is 0 Å². The maximum absolute atomic E-state index is 4.36. The van der Waals surface area contributed by atoms with Crippen molar-refractivity contribution in [2.45, 2.75) is 41.2 Å². The molecule has 0 unspecified atom stereocenters. The van der Waals surface area contributed by atoms with Gasteiger partial charge in [-0.2, -0.15) is 5.10 Å². The van der Waals surface area contributed by atoms with E-state index in [-0.39, 0.29) is 0 Å². The fraction of sp³-hybridized carbons (Fsp3) is 0.786. The molecule has 0 aliphatic heterocycles. The van der Waals surface area contributed by atoms with Crippen molar-refractivity contribution in [2.24, 2.45) is 24.8 Å². The van der Waals surface area contributed by atoms with Gasteiger partial charge >= 0.3 is 0 Å². The predicted molar refractivity (Wildman–Crippen MR) is 72.8 cm³/mol. The Balaban J connectivity index is 2.44. The molecular weight excluding hydrogens is 210 g/mol. The summed E-state index contributed by atoms with van der Waals surface area (Å²) in [6.45, 7) is 13.3. The first kappa shape index (κ1) is 14.2. The molecule has 17 heavy (non-hydrogen) atoms. The summed E-state index contributed by atoms with van der Waals surface area (Å²) in [5.41, 5.74) is 2.43. The van der Waals surface area contributed by atoms with Crippen molar-refractivity contribution >= 4 is 0 Å². The van der Waals surface area contributed by atoms with E-state index in [1.54, 1.807) is 0 Å². The molecule has 0 saturated carbocycles. The topological polar surface area (TPSA) is 29.9 Å². The lowest BCUT2D eigenvalue weighted by molar-refractivity contribution is 0.275. The minimum atomic E-state index is 0.734. The highest BCUT2D eigenvalue weighted by Crippen LogP contribution is 2.19. The van der Waals surface area contributed by atoms with Crippen molar-refractivity contribution in [1.29, 1.82) is 0 Å². The van der Waals surface area contributed by atoms with Crippen LogP contribution >= 0.6 is 0 Å². The molecular formula is C14H27N3. The van der Waals surface area contributed by atoms with Gasteiger partial charge in [0, 0.05) is 25.4 Å². The normalized spacial score (nSPS) is 12.1. The highest BCUT2D eigenvalue weighted by Gasteiger charge is 2.16. The number of rotatable bonds is 6. The lowest BCUT2D eigenvalue weighted by Gasteiger charge is -2.25. The molecule has 0 spiro atoms. The number of hydrogen-bond donors (Lipinski definition) is 1. The Morgan fingerprint density at radius 1 is 1.24 bits per heavy atom. The maximum Gasteiger partial charge on any atom is 0.0638 e. The second-order valence-electron chi connectivity index (χ2n) is 5.70. The van der Waals surface area contributed by atoms with Crippen LogP contribution in [-0.4, -0.2) is 16.3 Å². The van der Waals surface area contributed by atoms with Gasteiger partial charge < -0.3 is 5.32 Å². The van der Waals surface area contributed by atoms with Crippen LogP contribution in [0.1, 0.15) is 39.0 Å². The van der Waals surface area contributed by atoms with E-state index < -0.39 is 0 Å². The SMILES string of the molecule is Cc1nn(C)cc1CNCC(C(C)C)C(C)C. The van der Waals surface area contributed by atoms with Gasteiger partial charge in [0.1, 0.15) is 0 Å². The Labute approximate surface area is 106 Å². The first-order chi connectivity index (χ1) is 7.91. The van der Waals surface area contributed by atoms with Crippen LogP contribution in [0.4, 0.5) is 0 Å². The summed E-state index contributed by atoms with van der Waals surface area (Å²) in [4.78, 5) is 0. The fourth-order valence-electron chi connectivity index (χ4n) is 2.44. The summed E-state index contributed by atoms with van der Waals surface area (Å²) in [6, 6.07) is 0. The van der Waals surface area contributed by atoms with Crippen molar-refractivity contribution in [3.05, 3.63) is 17.5 Å². The van der Waals surface area contributed by atoms with Crippen molar-refractivity contribution in [1.82, 2.24) is 15.1 Å².